The maximum absolute atomic E-state index is 11.6. The van der Waals surface area contributed by atoms with Crippen LogP contribution in [0.4, 0.5) is 0 Å². The zero-order valence-corrected chi connectivity index (χ0v) is 8.90. The van der Waals surface area contributed by atoms with Gasteiger partial charge in [-0.25, -0.2) is 0 Å². The van der Waals surface area contributed by atoms with Gasteiger partial charge in [-0.2, -0.15) is 0 Å². The van der Waals surface area contributed by atoms with Crippen molar-refractivity contribution in [3.63, 3.8) is 0 Å². The summed E-state index contributed by atoms with van der Waals surface area (Å²) in [6.45, 7) is 0. The summed E-state index contributed by atoms with van der Waals surface area (Å²) in [4.78, 5) is 11.6. The molecule has 0 aliphatic carbocycles. The molecule has 0 radical (unpaired) electrons. The van der Waals surface area contributed by atoms with Gasteiger partial charge < -0.3 is 0 Å². The lowest BCUT2D eigenvalue weighted by molar-refractivity contribution is 0.0984. The molecule has 1 aromatic rings. The first-order valence-corrected chi connectivity index (χ1v) is 4.83. The molecule has 0 unspecified atom stereocenters. The summed E-state index contributed by atoms with van der Waals surface area (Å²) in [5.74, 6) is 2.29. The molecular formula is C11H8Cl2O. The van der Waals surface area contributed by atoms with Crippen LogP contribution in [0.1, 0.15) is 23.2 Å². The minimum Gasteiger partial charge on any atom is -0.294 e. The van der Waals surface area contributed by atoms with Crippen LogP contribution in [0.2, 0.25) is 10.0 Å². The number of Topliss-reactive ketones (excluding diaryl/α,β-unsaturated/α-hetero) is 1. The molecule has 14 heavy (non-hydrogen) atoms. The highest BCUT2D eigenvalue weighted by Crippen LogP contribution is 2.25. The van der Waals surface area contributed by atoms with Crippen LogP contribution in [0, 0.1) is 12.3 Å². The average molecular weight is 227 g/mol. The van der Waals surface area contributed by atoms with E-state index in [0.717, 1.165) is 0 Å². The number of terminal acetylenes is 1. The zero-order valence-electron chi connectivity index (χ0n) is 7.39. The first-order chi connectivity index (χ1) is 6.66. The number of carbonyl (C=O) groups excluding carboxylic acids is 1. The lowest BCUT2D eigenvalue weighted by Gasteiger charge is -2.03. The fourth-order valence-electron chi connectivity index (χ4n) is 1.07. The fourth-order valence-corrected chi connectivity index (χ4v) is 1.68. The van der Waals surface area contributed by atoms with Crippen LogP contribution in [-0.2, 0) is 0 Å². The summed E-state index contributed by atoms with van der Waals surface area (Å²) in [6, 6.07) is 4.97. The maximum Gasteiger partial charge on any atom is 0.166 e. The molecule has 0 saturated carbocycles. The third-order valence-electron chi connectivity index (χ3n) is 1.74. The molecule has 0 N–H and O–H groups in total. The van der Waals surface area contributed by atoms with E-state index in [4.69, 9.17) is 29.6 Å². The minimum absolute atomic E-state index is 0.112. The minimum atomic E-state index is -0.112. The Kier molecular flexibility index (Phi) is 4.00. The third-order valence-corrected chi connectivity index (χ3v) is 2.37. The van der Waals surface area contributed by atoms with E-state index < -0.39 is 0 Å². The van der Waals surface area contributed by atoms with Gasteiger partial charge in [0.1, 0.15) is 0 Å². The number of benzene rings is 1. The molecule has 3 heteroatoms. The van der Waals surface area contributed by atoms with Gasteiger partial charge in [0.05, 0.1) is 15.6 Å². The zero-order chi connectivity index (χ0) is 10.6. The van der Waals surface area contributed by atoms with Crippen molar-refractivity contribution in [3.05, 3.63) is 33.8 Å². The van der Waals surface area contributed by atoms with Gasteiger partial charge in [-0.1, -0.05) is 29.3 Å². The lowest BCUT2D eigenvalue weighted by atomic mass is 10.1. The van der Waals surface area contributed by atoms with E-state index in [1.807, 2.05) is 0 Å². The first-order valence-electron chi connectivity index (χ1n) is 4.07. The molecule has 0 atom stereocenters. The summed E-state index contributed by atoms with van der Waals surface area (Å²) in [5, 5.41) is 0.749. The van der Waals surface area contributed by atoms with Crippen molar-refractivity contribution in [2.75, 3.05) is 0 Å². The fraction of sp³-hybridized carbons (Fsp3) is 0.182. The standard InChI is InChI=1S/C11H8Cl2O/c1-2-3-7-10(14)11-8(12)5-4-6-9(11)13/h1,4-6H,3,7H2. The Hall–Kier alpha value is -0.970. The highest BCUT2D eigenvalue weighted by atomic mass is 35.5. The monoisotopic (exact) mass is 226 g/mol. The predicted octanol–water partition coefficient (Wildman–Crippen LogP) is 3.59. The van der Waals surface area contributed by atoms with Gasteiger partial charge in [0.15, 0.2) is 5.78 Å². The molecule has 0 fully saturated rings. The lowest BCUT2D eigenvalue weighted by Crippen LogP contribution is -2.00. The molecule has 1 nitrogen and oxygen atoms in total. The topological polar surface area (TPSA) is 17.1 Å². The number of hydrogen-bond donors (Lipinski definition) is 0. The van der Waals surface area contributed by atoms with E-state index in [1.54, 1.807) is 18.2 Å². The van der Waals surface area contributed by atoms with Crippen molar-refractivity contribution in [2.45, 2.75) is 12.8 Å². The van der Waals surface area contributed by atoms with Crippen LogP contribution in [-0.4, -0.2) is 5.78 Å². The Morgan fingerprint density at radius 3 is 2.43 bits per heavy atom. The number of halogens is 2. The predicted molar refractivity (Wildman–Crippen MR) is 58.9 cm³/mol. The number of carbonyl (C=O) groups is 1. The largest absolute Gasteiger partial charge is 0.294 e. The SMILES string of the molecule is C#CCCC(=O)c1c(Cl)cccc1Cl. The van der Waals surface area contributed by atoms with Crippen LogP contribution < -0.4 is 0 Å². The molecule has 1 rings (SSSR count). The Morgan fingerprint density at radius 2 is 1.93 bits per heavy atom. The van der Waals surface area contributed by atoms with Crippen molar-refractivity contribution in [1.82, 2.24) is 0 Å². The Bertz CT molecular complexity index is 371. The second kappa shape index (κ2) is 5.05. The quantitative estimate of drug-likeness (QED) is 0.569. The van der Waals surface area contributed by atoms with Gasteiger partial charge in [0.2, 0.25) is 0 Å². The van der Waals surface area contributed by atoms with Crippen molar-refractivity contribution >= 4 is 29.0 Å². The van der Waals surface area contributed by atoms with Gasteiger partial charge >= 0.3 is 0 Å². The highest BCUT2D eigenvalue weighted by molar-refractivity contribution is 6.39. The molecule has 0 spiro atoms. The molecule has 0 aliphatic heterocycles. The van der Waals surface area contributed by atoms with Crippen LogP contribution in [0.5, 0.6) is 0 Å². The summed E-state index contributed by atoms with van der Waals surface area (Å²) in [7, 11) is 0. The van der Waals surface area contributed by atoms with Gasteiger partial charge in [0.25, 0.3) is 0 Å². The van der Waals surface area contributed by atoms with Crippen LogP contribution in [0.25, 0.3) is 0 Å². The van der Waals surface area contributed by atoms with E-state index in [0.29, 0.717) is 22.0 Å². The van der Waals surface area contributed by atoms with Gasteiger partial charge in [-0.05, 0) is 12.1 Å². The third kappa shape index (κ3) is 2.51. The number of rotatable bonds is 3. The van der Waals surface area contributed by atoms with Crippen molar-refractivity contribution in [1.29, 1.82) is 0 Å². The Morgan fingerprint density at radius 1 is 1.36 bits per heavy atom. The Labute approximate surface area is 93.0 Å². The van der Waals surface area contributed by atoms with Crippen molar-refractivity contribution < 1.29 is 4.79 Å². The van der Waals surface area contributed by atoms with Gasteiger partial charge in [0, 0.05) is 12.8 Å². The van der Waals surface area contributed by atoms with Crippen LogP contribution in [0.3, 0.4) is 0 Å². The van der Waals surface area contributed by atoms with Gasteiger partial charge in [-0.3, -0.25) is 4.79 Å². The maximum atomic E-state index is 11.6. The summed E-state index contributed by atoms with van der Waals surface area (Å²) < 4.78 is 0. The average Bonchev–Trinajstić information content (AvgIpc) is 2.14. The second-order valence-corrected chi connectivity index (χ2v) is 3.54. The number of ketones is 1. The smallest absolute Gasteiger partial charge is 0.166 e. The van der Waals surface area contributed by atoms with E-state index in [2.05, 4.69) is 5.92 Å². The second-order valence-electron chi connectivity index (χ2n) is 2.72. The van der Waals surface area contributed by atoms with Crippen molar-refractivity contribution in [3.8, 4) is 12.3 Å². The first kappa shape index (κ1) is 11.1. The van der Waals surface area contributed by atoms with Crippen molar-refractivity contribution in [2.24, 2.45) is 0 Å². The molecule has 1 aromatic carbocycles. The summed E-state index contributed by atoms with van der Waals surface area (Å²) >= 11 is 11.7. The van der Waals surface area contributed by atoms with Crippen LogP contribution in [0.15, 0.2) is 18.2 Å². The molecule has 0 amide bonds. The Balaban J connectivity index is 2.95. The number of hydrogen-bond acceptors (Lipinski definition) is 1. The van der Waals surface area contributed by atoms with Gasteiger partial charge in [-0.15, -0.1) is 12.3 Å². The van der Waals surface area contributed by atoms with E-state index in [1.165, 1.54) is 0 Å². The highest BCUT2D eigenvalue weighted by Gasteiger charge is 2.13. The molecular weight excluding hydrogens is 219 g/mol. The molecule has 72 valence electrons. The molecule has 0 bridgehead atoms. The normalized spacial score (nSPS) is 9.50. The molecule has 0 saturated heterocycles. The van der Waals surface area contributed by atoms with Crippen LogP contribution >= 0.6 is 23.2 Å². The molecule has 0 aromatic heterocycles. The molecule has 0 aliphatic rings. The van der Waals surface area contributed by atoms with E-state index in [-0.39, 0.29) is 12.2 Å². The summed E-state index contributed by atoms with van der Waals surface area (Å²) in [5.41, 5.74) is 0.367. The summed E-state index contributed by atoms with van der Waals surface area (Å²) in [6.07, 6.45) is 5.74. The van der Waals surface area contributed by atoms with E-state index >= 15 is 0 Å². The van der Waals surface area contributed by atoms with E-state index in [9.17, 15) is 4.79 Å². The molecule has 0 heterocycles.